The molecule has 176 valence electrons. The van der Waals surface area contributed by atoms with Gasteiger partial charge < -0.3 is 9.64 Å². The molecule has 0 spiro atoms. The summed E-state index contributed by atoms with van der Waals surface area (Å²) < 4.78 is 5.92. The second-order valence-electron chi connectivity index (χ2n) is 10.5. The third-order valence-electron chi connectivity index (χ3n) is 8.42. The quantitative estimate of drug-likeness (QED) is 0.736. The van der Waals surface area contributed by atoms with Crippen molar-refractivity contribution in [2.45, 2.75) is 69.9 Å². The molecular formula is C27H36N4O2. The van der Waals surface area contributed by atoms with Crippen LogP contribution < -0.4 is 0 Å². The molecule has 6 rings (SSSR count). The number of rotatable bonds is 6. The predicted molar refractivity (Wildman–Crippen MR) is 127 cm³/mol. The maximum Gasteiger partial charge on any atom is 0.274 e. The van der Waals surface area contributed by atoms with Gasteiger partial charge in [0.2, 0.25) is 0 Å². The Morgan fingerprint density at radius 3 is 2.58 bits per heavy atom. The van der Waals surface area contributed by atoms with Crippen molar-refractivity contribution in [1.82, 2.24) is 20.0 Å². The van der Waals surface area contributed by atoms with Crippen LogP contribution in [-0.4, -0.2) is 70.8 Å². The Morgan fingerprint density at radius 2 is 1.85 bits per heavy atom. The molecule has 6 heteroatoms. The maximum absolute atomic E-state index is 13.6. The zero-order valence-electron chi connectivity index (χ0n) is 19.6. The molecule has 1 aromatic carbocycles. The molecule has 4 aliphatic rings. The van der Waals surface area contributed by atoms with E-state index in [0.29, 0.717) is 24.2 Å². The van der Waals surface area contributed by atoms with Crippen LogP contribution in [0.25, 0.3) is 0 Å². The van der Waals surface area contributed by atoms with Crippen LogP contribution in [0.1, 0.15) is 65.0 Å². The lowest BCUT2D eigenvalue weighted by atomic mass is 9.94. The zero-order chi connectivity index (χ0) is 22.2. The summed E-state index contributed by atoms with van der Waals surface area (Å²) in [5.41, 5.74) is 6.06. The minimum Gasteiger partial charge on any atom is -0.376 e. The summed E-state index contributed by atoms with van der Waals surface area (Å²) >= 11 is 0. The number of fused-ring (bicyclic) bond motifs is 2. The first kappa shape index (κ1) is 21.4. The van der Waals surface area contributed by atoms with Gasteiger partial charge in [0.25, 0.3) is 5.91 Å². The van der Waals surface area contributed by atoms with E-state index in [0.717, 1.165) is 63.9 Å². The summed E-state index contributed by atoms with van der Waals surface area (Å²) in [5, 5.41) is 7.57. The third kappa shape index (κ3) is 4.35. The molecule has 0 unspecified atom stereocenters. The second kappa shape index (κ2) is 9.22. The first-order chi connectivity index (χ1) is 16.2. The summed E-state index contributed by atoms with van der Waals surface area (Å²) in [4.78, 5) is 18.4. The average Bonchev–Trinajstić information content (AvgIpc) is 3.63. The van der Waals surface area contributed by atoms with Gasteiger partial charge in [0.15, 0.2) is 5.69 Å². The van der Waals surface area contributed by atoms with Crippen molar-refractivity contribution in [3.05, 3.63) is 52.3 Å². The number of aromatic amines is 1. The van der Waals surface area contributed by atoms with E-state index in [4.69, 9.17) is 4.74 Å². The Hall–Kier alpha value is -2.18. The molecule has 6 nitrogen and oxygen atoms in total. The topological polar surface area (TPSA) is 61.5 Å². The number of benzene rings is 1. The monoisotopic (exact) mass is 448 g/mol. The molecular weight excluding hydrogens is 412 g/mol. The van der Waals surface area contributed by atoms with Gasteiger partial charge in [0, 0.05) is 37.0 Å². The molecule has 0 bridgehead atoms. The fraction of sp³-hybridized carbons (Fsp3) is 0.630. The first-order valence-electron chi connectivity index (χ1n) is 13.0. The number of nitrogens with one attached hydrogen (secondary N) is 1. The standard InChI is InChI=1S/C27H36N4O2/c32-27(26-24-8-3-9-25(24)28-29-26)31(18-23-7-4-14-33-23)17-19-10-12-30(13-11-19)22-15-20-5-1-2-6-21(20)16-22/h1-2,5-6,19,22-23H,3-4,7-18H2,(H,28,29)/t23-/m0/s1. The molecule has 1 N–H and O–H groups in total. The Bertz CT molecular complexity index is 963. The number of hydrogen-bond acceptors (Lipinski definition) is 4. The molecule has 1 amide bonds. The molecule has 0 saturated carbocycles. The lowest BCUT2D eigenvalue weighted by Crippen LogP contribution is -2.46. The fourth-order valence-corrected chi connectivity index (χ4v) is 6.53. The molecule has 3 heterocycles. The number of nitrogens with zero attached hydrogens (tertiary/aromatic N) is 3. The highest BCUT2D eigenvalue weighted by Crippen LogP contribution is 2.30. The predicted octanol–water partition coefficient (Wildman–Crippen LogP) is 3.40. The van der Waals surface area contributed by atoms with Crippen molar-refractivity contribution in [3.8, 4) is 0 Å². The molecule has 2 aromatic rings. The lowest BCUT2D eigenvalue weighted by Gasteiger charge is -2.38. The number of piperidine rings is 1. The van der Waals surface area contributed by atoms with Gasteiger partial charge in [-0.15, -0.1) is 0 Å². The maximum atomic E-state index is 13.6. The molecule has 33 heavy (non-hydrogen) atoms. The third-order valence-corrected chi connectivity index (χ3v) is 8.42. The number of aryl methyl sites for hydroxylation is 1. The number of ether oxygens (including phenoxy) is 1. The Morgan fingerprint density at radius 1 is 1.06 bits per heavy atom. The van der Waals surface area contributed by atoms with Crippen LogP contribution in [0.4, 0.5) is 0 Å². The van der Waals surface area contributed by atoms with E-state index in [9.17, 15) is 4.79 Å². The van der Waals surface area contributed by atoms with Crippen molar-refractivity contribution < 1.29 is 9.53 Å². The van der Waals surface area contributed by atoms with Gasteiger partial charge >= 0.3 is 0 Å². The molecule has 1 atom stereocenters. The number of amides is 1. The molecule has 1 aromatic heterocycles. The van der Waals surface area contributed by atoms with Crippen LogP contribution in [0, 0.1) is 5.92 Å². The summed E-state index contributed by atoms with van der Waals surface area (Å²) in [6, 6.07) is 9.58. The van der Waals surface area contributed by atoms with Crippen LogP contribution >= 0.6 is 0 Å². The number of aromatic nitrogens is 2. The van der Waals surface area contributed by atoms with Gasteiger partial charge in [-0.3, -0.25) is 14.8 Å². The molecule has 0 radical (unpaired) electrons. The van der Waals surface area contributed by atoms with Crippen molar-refractivity contribution >= 4 is 5.91 Å². The molecule has 2 aliphatic heterocycles. The van der Waals surface area contributed by atoms with Crippen LogP contribution in [0.15, 0.2) is 24.3 Å². The number of carbonyl (C=O) groups excluding carboxylic acids is 1. The normalized spacial score (nSPS) is 23.7. The largest absolute Gasteiger partial charge is 0.376 e. The summed E-state index contributed by atoms with van der Waals surface area (Å²) in [7, 11) is 0. The smallest absolute Gasteiger partial charge is 0.274 e. The minimum atomic E-state index is 0.110. The first-order valence-corrected chi connectivity index (χ1v) is 13.0. The summed E-state index contributed by atoms with van der Waals surface area (Å²) in [6.07, 6.45) is 10.2. The van der Waals surface area contributed by atoms with Crippen LogP contribution in [0.2, 0.25) is 0 Å². The van der Waals surface area contributed by atoms with Crippen LogP contribution in [-0.2, 0) is 30.4 Å². The van der Waals surface area contributed by atoms with Crippen LogP contribution in [0.3, 0.4) is 0 Å². The lowest BCUT2D eigenvalue weighted by molar-refractivity contribution is 0.0425. The molecule has 2 fully saturated rings. The van der Waals surface area contributed by atoms with E-state index in [2.05, 4.69) is 44.3 Å². The van der Waals surface area contributed by atoms with E-state index < -0.39 is 0 Å². The minimum absolute atomic E-state index is 0.110. The van der Waals surface area contributed by atoms with Crippen LogP contribution in [0.5, 0.6) is 0 Å². The van der Waals surface area contributed by atoms with Gasteiger partial charge in [-0.2, -0.15) is 5.10 Å². The van der Waals surface area contributed by atoms with Crippen molar-refractivity contribution in [1.29, 1.82) is 0 Å². The summed E-state index contributed by atoms with van der Waals surface area (Å²) in [6.45, 7) is 4.65. The van der Waals surface area contributed by atoms with E-state index in [1.807, 2.05) is 0 Å². The number of hydrogen-bond donors (Lipinski definition) is 1. The summed E-state index contributed by atoms with van der Waals surface area (Å²) in [5.74, 6) is 0.668. The average molecular weight is 449 g/mol. The van der Waals surface area contributed by atoms with Gasteiger partial charge in [-0.05, 0) is 87.9 Å². The van der Waals surface area contributed by atoms with Crippen molar-refractivity contribution in [3.63, 3.8) is 0 Å². The van der Waals surface area contributed by atoms with Gasteiger partial charge in [0.05, 0.1) is 6.10 Å². The van der Waals surface area contributed by atoms with E-state index in [1.54, 1.807) is 0 Å². The van der Waals surface area contributed by atoms with Gasteiger partial charge in [0.1, 0.15) is 0 Å². The van der Waals surface area contributed by atoms with E-state index >= 15 is 0 Å². The number of carbonyl (C=O) groups is 1. The second-order valence-corrected chi connectivity index (χ2v) is 10.5. The van der Waals surface area contributed by atoms with Gasteiger partial charge in [-0.1, -0.05) is 24.3 Å². The number of likely N-dealkylation sites (tertiary alicyclic amines) is 1. The van der Waals surface area contributed by atoms with Crippen molar-refractivity contribution in [2.24, 2.45) is 5.92 Å². The highest BCUT2D eigenvalue weighted by Gasteiger charge is 2.33. The zero-order valence-corrected chi connectivity index (χ0v) is 19.6. The fourth-order valence-electron chi connectivity index (χ4n) is 6.53. The van der Waals surface area contributed by atoms with Gasteiger partial charge in [-0.25, -0.2) is 0 Å². The SMILES string of the molecule is O=C(c1n[nH]c2c1CCC2)N(CC1CCN(C2Cc3ccccc3C2)CC1)C[C@@H]1CCCO1. The number of H-pyrrole nitrogens is 1. The Labute approximate surface area is 196 Å². The molecule has 2 aliphatic carbocycles. The highest BCUT2D eigenvalue weighted by molar-refractivity contribution is 5.94. The Kier molecular flexibility index (Phi) is 5.97. The highest BCUT2D eigenvalue weighted by atomic mass is 16.5. The van der Waals surface area contributed by atoms with E-state index in [-0.39, 0.29) is 12.0 Å². The van der Waals surface area contributed by atoms with E-state index in [1.165, 1.54) is 42.5 Å². The molecule has 2 saturated heterocycles. The van der Waals surface area contributed by atoms with Crippen molar-refractivity contribution in [2.75, 3.05) is 32.8 Å². The Balaban J connectivity index is 1.09.